The molecule has 0 fully saturated rings. The van der Waals surface area contributed by atoms with Crippen molar-refractivity contribution in [2.75, 3.05) is 13.2 Å². The third-order valence-corrected chi connectivity index (χ3v) is 1.72. The summed E-state index contributed by atoms with van der Waals surface area (Å²) < 4.78 is 4.79. The average Bonchev–Trinajstić information content (AvgIpc) is 2.51. The maximum Gasteiger partial charge on any atom is 0.315 e. The number of nitriles is 1. The van der Waals surface area contributed by atoms with E-state index in [0.29, 0.717) is 25.3 Å². The van der Waals surface area contributed by atoms with Gasteiger partial charge in [0.1, 0.15) is 17.7 Å². The third-order valence-electron chi connectivity index (χ3n) is 1.72. The molecular formula is C8H10N2O2. The highest BCUT2D eigenvalue weighted by atomic mass is 16.5. The molecule has 1 heterocycles. The zero-order valence-corrected chi connectivity index (χ0v) is 6.91. The average molecular weight is 166 g/mol. The van der Waals surface area contributed by atoms with Crippen LogP contribution in [0.5, 0.6) is 0 Å². The Morgan fingerprint density at radius 2 is 2.67 bits per heavy atom. The minimum atomic E-state index is -0.407. The van der Waals surface area contributed by atoms with E-state index in [1.807, 2.05) is 6.07 Å². The van der Waals surface area contributed by atoms with Crippen LogP contribution in [0, 0.1) is 17.2 Å². The van der Waals surface area contributed by atoms with E-state index in [1.165, 1.54) is 0 Å². The van der Waals surface area contributed by atoms with Crippen LogP contribution >= 0.6 is 0 Å². The maximum absolute atomic E-state index is 11.2. The van der Waals surface area contributed by atoms with E-state index in [0.717, 1.165) is 0 Å². The highest BCUT2D eigenvalue weighted by molar-refractivity contribution is 6.11. The molecule has 1 rings (SSSR count). The van der Waals surface area contributed by atoms with Crippen molar-refractivity contribution in [2.24, 2.45) is 10.9 Å². The zero-order valence-electron chi connectivity index (χ0n) is 6.91. The molecule has 0 radical (unpaired) electrons. The maximum atomic E-state index is 11.2. The molecule has 0 aromatic heterocycles. The molecule has 1 unspecified atom stereocenters. The van der Waals surface area contributed by atoms with Gasteiger partial charge < -0.3 is 4.74 Å². The van der Waals surface area contributed by atoms with E-state index >= 15 is 0 Å². The standard InChI is InChI=1S/C8H10N2O2/c1-2-12-8(11)6-3-4-10-7(6)5-9/h6H,2-4H2,1H3. The lowest BCUT2D eigenvalue weighted by Crippen LogP contribution is -2.22. The van der Waals surface area contributed by atoms with Crippen LogP contribution in [0.15, 0.2) is 4.99 Å². The van der Waals surface area contributed by atoms with Gasteiger partial charge in [-0.05, 0) is 13.3 Å². The Balaban J connectivity index is 2.59. The van der Waals surface area contributed by atoms with Crippen molar-refractivity contribution in [3.8, 4) is 6.07 Å². The van der Waals surface area contributed by atoms with E-state index in [4.69, 9.17) is 10.00 Å². The van der Waals surface area contributed by atoms with Crippen LogP contribution in [0.2, 0.25) is 0 Å². The Bertz CT molecular complexity index is 252. The summed E-state index contributed by atoms with van der Waals surface area (Å²) in [5, 5.41) is 8.56. The molecular weight excluding hydrogens is 156 g/mol. The first-order valence-electron chi connectivity index (χ1n) is 3.90. The highest BCUT2D eigenvalue weighted by Gasteiger charge is 2.29. The SMILES string of the molecule is CCOC(=O)C1CCN=C1C#N. The van der Waals surface area contributed by atoms with Gasteiger partial charge >= 0.3 is 5.97 Å². The van der Waals surface area contributed by atoms with Crippen LogP contribution in [-0.2, 0) is 9.53 Å². The van der Waals surface area contributed by atoms with E-state index in [-0.39, 0.29) is 5.97 Å². The number of aliphatic imine (C=N–C) groups is 1. The topological polar surface area (TPSA) is 62.4 Å². The molecule has 0 aliphatic carbocycles. The molecule has 64 valence electrons. The van der Waals surface area contributed by atoms with Crippen molar-refractivity contribution in [3.05, 3.63) is 0 Å². The summed E-state index contributed by atoms with van der Waals surface area (Å²) in [5.74, 6) is -0.731. The molecule has 4 nitrogen and oxygen atoms in total. The number of nitrogens with zero attached hydrogens (tertiary/aromatic N) is 2. The van der Waals surface area contributed by atoms with Gasteiger partial charge in [-0.2, -0.15) is 5.26 Å². The van der Waals surface area contributed by atoms with E-state index in [1.54, 1.807) is 6.92 Å². The minimum Gasteiger partial charge on any atom is -0.465 e. The molecule has 0 aromatic rings. The molecule has 12 heavy (non-hydrogen) atoms. The monoisotopic (exact) mass is 166 g/mol. The summed E-state index contributed by atoms with van der Waals surface area (Å²) in [7, 11) is 0. The molecule has 4 heteroatoms. The number of carbonyl (C=O) groups excluding carboxylic acids is 1. The highest BCUT2D eigenvalue weighted by Crippen LogP contribution is 2.15. The van der Waals surface area contributed by atoms with Gasteiger partial charge in [-0.25, -0.2) is 0 Å². The van der Waals surface area contributed by atoms with Gasteiger partial charge in [0.25, 0.3) is 0 Å². The molecule has 0 amide bonds. The Morgan fingerprint density at radius 3 is 3.25 bits per heavy atom. The second-order valence-electron chi connectivity index (χ2n) is 2.47. The van der Waals surface area contributed by atoms with Crippen molar-refractivity contribution in [2.45, 2.75) is 13.3 Å². The second-order valence-corrected chi connectivity index (χ2v) is 2.47. The summed E-state index contributed by atoms with van der Waals surface area (Å²) in [4.78, 5) is 15.1. The summed E-state index contributed by atoms with van der Waals surface area (Å²) in [5.41, 5.74) is 0.313. The fraction of sp³-hybridized carbons (Fsp3) is 0.625. The quantitative estimate of drug-likeness (QED) is 0.562. The summed E-state index contributed by atoms with van der Waals surface area (Å²) in [6.07, 6.45) is 0.613. The van der Waals surface area contributed by atoms with Crippen molar-refractivity contribution in [3.63, 3.8) is 0 Å². The van der Waals surface area contributed by atoms with Gasteiger partial charge in [0.05, 0.1) is 6.61 Å². The van der Waals surface area contributed by atoms with E-state index < -0.39 is 5.92 Å². The molecule has 0 saturated carbocycles. The molecule has 0 spiro atoms. The zero-order chi connectivity index (χ0) is 8.97. The summed E-state index contributed by atoms with van der Waals surface area (Å²) >= 11 is 0. The van der Waals surface area contributed by atoms with Crippen molar-refractivity contribution >= 4 is 11.7 Å². The first-order chi connectivity index (χ1) is 5.79. The lowest BCUT2D eigenvalue weighted by atomic mass is 10.0. The summed E-state index contributed by atoms with van der Waals surface area (Å²) in [6.45, 7) is 2.66. The predicted molar refractivity (Wildman–Crippen MR) is 42.7 cm³/mol. The Kier molecular flexibility index (Phi) is 2.81. The molecule has 0 bridgehead atoms. The van der Waals surface area contributed by atoms with Crippen LogP contribution in [0.1, 0.15) is 13.3 Å². The molecule has 0 saturated heterocycles. The Morgan fingerprint density at radius 1 is 1.92 bits per heavy atom. The van der Waals surface area contributed by atoms with Crippen LogP contribution in [0.25, 0.3) is 0 Å². The first kappa shape index (κ1) is 8.72. The predicted octanol–water partition coefficient (Wildman–Crippen LogP) is 0.534. The molecule has 1 aliphatic rings. The number of hydrogen-bond acceptors (Lipinski definition) is 4. The van der Waals surface area contributed by atoms with Crippen molar-refractivity contribution < 1.29 is 9.53 Å². The third kappa shape index (κ3) is 1.62. The largest absolute Gasteiger partial charge is 0.465 e. The minimum absolute atomic E-state index is 0.313. The van der Waals surface area contributed by atoms with Crippen molar-refractivity contribution in [1.29, 1.82) is 5.26 Å². The second kappa shape index (κ2) is 3.86. The number of rotatable bonds is 2. The number of hydrogen-bond donors (Lipinski definition) is 0. The molecule has 1 aliphatic heterocycles. The Labute approximate surface area is 70.9 Å². The molecule has 1 atom stereocenters. The lowest BCUT2D eigenvalue weighted by molar-refractivity contribution is -0.145. The Hall–Kier alpha value is -1.37. The molecule has 0 aromatic carbocycles. The fourth-order valence-corrected chi connectivity index (χ4v) is 1.15. The van der Waals surface area contributed by atoms with Gasteiger partial charge in [0, 0.05) is 6.54 Å². The van der Waals surface area contributed by atoms with E-state index in [9.17, 15) is 4.79 Å². The van der Waals surface area contributed by atoms with Crippen LogP contribution in [0.4, 0.5) is 0 Å². The first-order valence-corrected chi connectivity index (χ1v) is 3.90. The van der Waals surface area contributed by atoms with Crippen molar-refractivity contribution in [1.82, 2.24) is 0 Å². The normalized spacial score (nSPS) is 21.3. The lowest BCUT2D eigenvalue weighted by Gasteiger charge is -2.06. The van der Waals surface area contributed by atoms with Gasteiger partial charge in [-0.15, -0.1) is 0 Å². The van der Waals surface area contributed by atoms with Gasteiger partial charge in [0.15, 0.2) is 0 Å². The van der Waals surface area contributed by atoms with Gasteiger partial charge in [0.2, 0.25) is 0 Å². The number of ether oxygens (including phenoxy) is 1. The smallest absolute Gasteiger partial charge is 0.315 e. The molecule has 0 N–H and O–H groups in total. The van der Waals surface area contributed by atoms with Gasteiger partial charge in [-0.1, -0.05) is 0 Å². The summed E-state index contributed by atoms with van der Waals surface area (Å²) in [6, 6.07) is 1.90. The fourth-order valence-electron chi connectivity index (χ4n) is 1.15. The number of carbonyl (C=O) groups is 1. The van der Waals surface area contributed by atoms with Gasteiger partial charge in [-0.3, -0.25) is 9.79 Å². The number of esters is 1. The van der Waals surface area contributed by atoms with Crippen LogP contribution in [0.3, 0.4) is 0 Å². The van der Waals surface area contributed by atoms with Crippen LogP contribution < -0.4 is 0 Å². The van der Waals surface area contributed by atoms with Crippen LogP contribution in [-0.4, -0.2) is 24.8 Å². The van der Waals surface area contributed by atoms with E-state index in [2.05, 4.69) is 4.99 Å².